The average molecular weight is 441 g/mol. The Kier molecular flexibility index (Phi) is 5.96. The maximum Gasteiger partial charge on any atom is 0.244 e. The van der Waals surface area contributed by atoms with Crippen molar-refractivity contribution in [1.29, 1.82) is 0 Å². The first-order valence-corrected chi connectivity index (χ1v) is 10.7. The van der Waals surface area contributed by atoms with E-state index >= 15 is 0 Å². The summed E-state index contributed by atoms with van der Waals surface area (Å²) in [5.41, 5.74) is 7.15. The van der Waals surface area contributed by atoms with Crippen LogP contribution in [0.2, 0.25) is 0 Å². The van der Waals surface area contributed by atoms with E-state index in [4.69, 9.17) is 0 Å². The number of nitrogens with one attached hydrogen (secondary N) is 3. The topological polar surface area (TPSA) is 73.5 Å². The van der Waals surface area contributed by atoms with Gasteiger partial charge in [0.15, 0.2) is 0 Å². The minimum atomic E-state index is -0.403. The molecule has 3 atom stereocenters. The lowest BCUT2D eigenvalue weighted by molar-refractivity contribution is -0.140. The predicted molar refractivity (Wildman–Crippen MR) is 107 cm³/mol. The van der Waals surface area contributed by atoms with E-state index in [1.807, 2.05) is 45.0 Å². The summed E-state index contributed by atoms with van der Waals surface area (Å²) in [5, 5.41) is 2.99. The maximum atomic E-state index is 13.0. The summed E-state index contributed by atoms with van der Waals surface area (Å²) in [5.74, 6) is 1.11. The van der Waals surface area contributed by atoms with E-state index in [-0.39, 0.29) is 29.4 Å². The highest BCUT2D eigenvalue weighted by Gasteiger charge is 2.40. The van der Waals surface area contributed by atoms with Crippen molar-refractivity contribution >= 4 is 39.5 Å². The molecular formula is C18H25BrN4O2S. The molecule has 2 saturated heterocycles. The van der Waals surface area contributed by atoms with Gasteiger partial charge >= 0.3 is 0 Å². The van der Waals surface area contributed by atoms with Gasteiger partial charge in [0, 0.05) is 21.8 Å². The van der Waals surface area contributed by atoms with Crippen LogP contribution in [-0.4, -0.2) is 46.0 Å². The number of hydrogen-bond donors (Lipinski definition) is 3. The fourth-order valence-electron chi connectivity index (χ4n) is 3.16. The third kappa shape index (κ3) is 4.60. The summed E-state index contributed by atoms with van der Waals surface area (Å²) in [7, 11) is 0. The molecule has 3 N–H and O–H groups in total. The van der Waals surface area contributed by atoms with Crippen molar-refractivity contribution in [2.24, 2.45) is 0 Å². The zero-order valence-electron chi connectivity index (χ0n) is 15.2. The van der Waals surface area contributed by atoms with Crippen molar-refractivity contribution in [2.45, 2.75) is 50.9 Å². The molecule has 3 rings (SSSR count). The van der Waals surface area contributed by atoms with Crippen LogP contribution in [0.4, 0.5) is 0 Å². The summed E-state index contributed by atoms with van der Waals surface area (Å²) in [6, 6.07) is 7.43. The molecule has 0 bridgehead atoms. The molecule has 0 saturated carbocycles. The second-order valence-corrected chi connectivity index (χ2v) is 9.66. The Morgan fingerprint density at radius 1 is 1.23 bits per heavy atom. The summed E-state index contributed by atoms with van der Waals surface area (Å²) < 4.78 is 1.03. The number of carbonyl (C=O) groups is 2. The Morgan fingerprint density at radius 2 is 1.92 bits per heavy atom. The lowest BCUT2D eigenvalue weighted by atomic mass is 10.0. The normalized spacial score (nSPS) is 26.2. The summed E-state index contributed by atoms with van der Waals surface area (Å²) in [6.07, 6.45) is 0.662. The maximum absolute atomic E-state index is 13.0. The number of thioether (sulfide) groups is 1. The number of nitrogens with zero attached hydrogens (tertiary/aromatic N) is 1. The van der Waals surface area contributed by atoms with Crippen LogP contribution < -0.4 is 16.2 Å². The van der Waals surface area contributed by atoms with E-state index in [0.717, 1.165) is 10.0 Å². The fraction of sp³-hybridized carbons (Fsp3) is 0.556. The first-order chi connectivity index (χ1) is 12.2. The van der Waals surface area contributed by atoms with Gasteiger partial charge in [0.1, 0.15) is 12.1 Å². The van der Waals surface area contributed by atoms with Crippen LogP contribution in [-0.2, 0) is 9.59 Å². The van der Waals surface area contributed by atoms with Gasteiger partial charge in [-0.1, -0.05) is 28.1 Å². The molecule has 142 valence electrons. The summed E-state index contributed by atoms with van der Waals surface area (Å²) in [4.78, 5) is 27.2. The molecular weight excluding hydrogens is 416 g/mol. The van der Waals surface area contributed by atoms with Crippen molar-refractivity contribution in [3.63, 3.8) is 0 Å². The molecule has 0 aliphatic carbocycles. The van der Waals surface area contributed by atoms with Crippen molar-refractivity contribution < 1.29 is 9.59 Å². The molecule has 26 heavy (non-hydrogen) atoms. The number of hydrogen-bond acceptors (Lipinski definition) is 5. The summed E-state index contributed by atoms with van der Waals surface area (Å²) in [6.45, 7) is 5.85. The predicted octanol–water partition coefficient (Wildman–Crippen LogP) is 2.17. The molecule has 0 spiro atoms. The number of benzene rings is 1. The van der Waals surface area contributed by atoms with E-state index in [1.165, 1.54) is 0 Å². The molecule has 2 aliphatic heterocycles. The molecule has 2 fully saturated rings. The molecule has 1 aromatic rings. The Morgan fingerprint density at radius 3 is 2.58 bits per heavy atom. The first kappa shape index (κ1) is 19.7. The van der Waals surface area contributed by atoms with Gasteiger partial charge in [0.05, 0.1) is 5.88 Å². The molecule has 2 amide bonds. The zero-order valence-corrected chi connectivity index (χ0v) is 17.6. The third-order valence-electron chi connectivity index (χ3n) is 4.44. The second-order valence-electron chi connectivity index (χ2n) is 7.74. The number of carbonyl (C=O) groups excluding carboxylic acids is 2. The molecule has 6 nitrogen and oxygen atoms in total. The lowest BCUT2D eigenvalue weighted by Crippen LogP contribution is -2.55. The fourth-order valence-corrected chi connectivity index (χ4v) is 4.59. The van der Waals surface area contributed by atoms with Gasteiger partial charge in [-0.2, -0.15) is 0 Å². The van der Waals surface area contributed by atoms with Gasteiger partial charge < -0.3 is 10.2 Å². The molecule has 3 unspecified atom stereocenters. The van der Waals surface area contributed by atoms with E-state index in [0.29, 0.717) is 18.1 Å². The van der Waals surface area contributed by atoms with Crippen LogP contribution in [0.15, 0.2) is 28.7 Å². The number of halogens is 1. The van der Waals surface area contributed by atoms with E-state index in [1.54, 1.807) is 16.7 Å². The quantitative estimate of drug-likeness (QED) is 0.671. The highest BCUT2D eigenvalue weighted by Crippen LogP contribution is 2.28. The standard InChI is InChI=1S/C18H25BrN4O2S/c1-18(2,3)20-16(24)15-9-26-10-23(15)17(25)14-8-13(21-22-14)11-4-6-12(19)7-5-11/h4-7,13-15,21-22H,8-10H2,1-3H3,(H,20,24). The number of rotatable bonds is 3. The van der Waals surface area contributed by atoms with Gasteiger partial charge in [-0.25, -0.2) is 10.9 Å². The molecule has 8 heteroatoms. The Balaban J connectivity index is 1.63. The van der Waals surface area contributed by atoms with Crippen LogP contribution in [0.1, 0.15) is 38.8 Å². The average Bonchev–Trinajstić information content (AvgIpc) is 3.23. The first-order valence-electron chi connectivity index (χ1n) is 8.71. The monoisotopic (exact) mass is 440 g/mol. The van der Waals surface area contributed by atoms with Crippen LogP contribution >= 0.6 is 27.7 Å². The lowest BCUT2D eigenvalue weighted by Gasteiger charge is -2.29. The largest absolute Gasteiger partial charge is 0.350 e. The molecule has 0 aromatic heterocycles. The van der Waals surface area contributed by atoms with Crippen molar-refractivity contribution in [3.05, 3.63) is 34.3 Å². The molecule has 2 aliphatic rings. The highest BCUT2D eigenvalue weighted by atomic mass is 79.9. The van der Waals surface area contributed by atoms with E-state index in [9.17, 15) is 9.59 Å². The second kappa shape index (κ2) is 7.88. The zero-order chi connectivity index (χ0) is 18.9. The van der Waals surface area contributed by atoms with Gasteiger partial charge in [-0.3, -0.25) is 9.59 Å². The molecule has 1 aromatic carbocycles. The Hall–Kier alpha value is -1.09. The number of amides is 2. The van der Waals surface area contributed by atoms with E-state index < -0.39 is 6.04 Å². The van der Waals surface area contributed by atoms with Crippen LogP contribution in [0, 0.1) is 0 Å². The smallest absolute Gasteiger partial charge is 0.244 e. The van der Waals surface area contributed by atoms with Crippen LogP contribution in [0.25, 0.3) is 0 Å². The molecule has 0 radical (unpaired) electrons. The minimum Gasteiger partial charge on any atom is -0.350 e. The molecule has 2 heterocycles. The Labute approximate surface area is 166 Å². The van der Waals surface area contributed by atoms with Crippen LogP contribution in [0.3, 0.4) is 0 Å². The van der Waals surface area contributed by atoms with Crippen molar-refractivity contribution in [1.82, 2.24) is 21.1 Å². The van der Waals surface area contributed by atoms with Gasteiger partial charge in [0.2, 0.25) is 11.8 Å². The Bertz CT molecular complexity index is 677. The summed E-state index contributed by atoms with van der Waals surface area (Å²) >= 11 is 5.06. The van der Waals surface area contributed by atoms with E-state index in [2.05, 4.69) is 32.1 Å². The minimum absolute atomic E-state index is 0.0174. The van der Waals surface area contributed by atoms with Gasteiger partial charge in [-0.15, -0.1) is 11.8 Å². The van der Waals surface area contributed by atoms with Gasteiger partial charge in [0.25, 0.3) is 0 Å². The third-order valence-corrected chi connectivity index (χ3v) is 5.98. The van der Waals surface area contributed by atoms with Crippen molar-refractivity contribution in [3.8, 4) is 0 Å². The van der Waals surface area contributed by atoms with Crippen molar-refractivity contribution in [2.75, 3.05) is 11.6 Å². The SMILES string of the molecule is CC(C)(C)NC(=O)C1CSCN1C(=O)C1CC(c2ccc(Br)cc2)NN1. The highest BCUT2D eigenvalue weighted by molar-refractivity contribution is 9.10. The van der Waals surface area contributed by atoms with Crippen LogP contribution in [0.5, 0.6) is 0 Å². The van der Waals surface area contributed by atoms with Gasteiger partial charge in [-0.05, 0) is 44.9 Å². The number of hydrazine groups is 1.